The number of hydrogen-bond donors (Lipinski definition) is 0. The molecule has 0 bridgehead atoms. The maximum atomic E-state index is 12.9. The van der Waals surface area contributed by atoms with E-state index in [1.165, 1.54) is 0 Å². The Labute approximate surface area is 147 Å². The Hall–Kier alpha value is -3.07. The van der Waals surface area contributed by atoms with Crippen LogP contribution in [0.3, 0.4) is 0 Å². The zero-order valence-corrected chi connectivity index (χ0v) is 14.4. The maximum Gasteiger partial charge on any atom is 0.167 e. The Morgan fingerprint density at radius 1 is 0.800 bits per heavy atom. The molecule has 0 unspecified atom stereocenters. The van der Waals surface area contributed by atoms with E-state index >= 15 is 0 Å². The summed E-state index contributed by atoms with van der Waals surface area (Å²) in [4.78, 5) is 12.9. The van der Waals surface area contributed by atoms with Gasteiger partial charge in [-0.1, -0.05) is 42.5 Å². The van der Waals surface area contributed by atoms with Crippen molar-refractivity contribution in [2.75, 3.05) is 14.2 Å². The molecule has 3 heteroatoms. The lowest BCUT2D eigenvalue weighted by molar-refractivity contribution is 0.0993. The number of ether oxygens (including phenoxy) is 2. The first-order valence-electron chi connectivity index (χ1n) is 8.11. The van der Waals surface area contributed by atoms with E-state index < -0.39 is 0 Å². The number of Topliss-reactive ketones (excluding diaryl/α,β-unsaturated/α-hetero) is 1. The van der Waals surface area contributed by atoms with Crippen LogP contribution in [0.5, 0.6) is 11.5 Å². The third-order valence-corrected chi connectivity index (χ3v) is 4.14. The molecule has 126 valence electrons. The summed E-state index contributed by atoms with van der Waals surface area (Å²) in [6, 6.07) is 23.0. The predicted molar refractivity (Wildman–Crippen MR) is 99.5 cm³/mol. The molecule has 0 heterocycles. The summed E-state index contributed by atoms with van der Waals surface area (Å²) >= 11 is 0. The average molecular weight is 332 g/mol. The molecule has 0 atom stereocenters. The van der Waals surface area contributed by atoms with Gasteiger partial charge < -0.3 is 9.47 Å². The summed E-state index contributed by atoms with van der Waals surface area (Å²) in [6.45, 7) is 0. The van der Waals surface area contributed by atoms with Gasteiger partial charge in [-0.15, -0.1) is 0 Å². The fourth-order valence-corrected chi connectivity index (χ4v) is 2.78. The lowest BCUT2D eigenvalue weighted by Gasteiger charge is -2.12. The van der Waals surface area contributed by atoms with Gasteiger partial charge in [-0.05, 0) is 47.0 Å². The van der Waals surface area contributed by atoms with Gasteiger partial charge in [-0.2, -0.15) is 0 Å². The van der Waals surface area contributed by atoms with Crippen molar-refractivity contribution < 1.29 is 14.3 Å². The Morgan fingerprint density at radius 3 is 2.08 bits per heavy atom. The van der Waals surface area contributed by atoms with Crippen LogP contribution >= 0.6 is 0 Å². The fraction of sp³-hybridized carbons (Fsp3) is 0.136. The SMILES string of the molecule is COc1ccc(-c2cc(OC)ccc2C(=O)Cc2ccccc2)cc1. The van der Waals surface area contributed by atoms with Crippen molar-refractivity contribution >= 4 is 5.78 Å². The first kappa shape index (κ1) is 16.8. The number of carbonyl (C=O) groups is 1. The molecule has 0 aromatic heterocycles. The molecule has 0 N–H and O–H groups in total. The monoisotopic (exact) mass is 332 g/mol. The molecular weight excluding hydrogens is 312 g/mol. The van der Waals surface area contributed by atoms with Crippen LogP contribution in [0.15, 0.2) is 72.8 Å². The Balaban J connectivity index is 1.99. The molecule has 3 nitrogen and oxygen atoms in total. The first-order chi connectivity index (χ1) is 12.2. The van der Waals surface area contributed by atoms with Crippen LogP contribution < -0.4 is 9.47 Å². The molecule has 25 heavy (non-hydrogen) atoms. The number of ketones is 1. The van der Waals surface area contributed by atoms with Crippen LogP contribution in [0.25, 0.3) is 11.1 Å². The van der Waals surface area contributed by atoms with E-state index in [-0.39, 0.29) is 5.78 Å². The van der Waals surface area contributed by atoms with Crippen molar-refractivity contribution in [3.63, 3.8) is 0 Å². The molecule has 0 aliphatic rings. The summed E-state index contributed by atoms with van der Waals surface area (Å²) in [5.74, 6) is 1.59. The van der Waals surface area contributed by atoms with E-state index in [1.54, 1.807) is 14.2 Å². The van der Waals surface area contributed by atoms with Crippen LogP contribution in [0.4, 0.5) is 0 Å². The molecule has 0 saturated carbocycles. The summed E-state index contributed by atoms with van der Waals surface area (Å²) in [7, 11) is 3.26. The summed E-state index contributed by atoms with van der Waals surface area (Å²) < 4.78 is 10.6. The normalized spacial score (nSPS) is 10.3. The van der Waals surface area contributed by atoms with Crippen molar-refractivity contribution in [1.29, 1.82) is 0 Å². The Morgan fingerprint density at radius 2 is 1.44 bits per heavy atom. The first-order valence-corrected chi connectivity index (χ1v) is 8.11. The molecule has 0 amide bonds. The van der Waals surface area contributed by atoms with Gasteiger partial charge in [0.15, 0.2) is 5.78 Å². The van der Waals surface area contributed by atoms with Gasteiger partial charge in [0.05, 0.1) is 14.2 Å². The second-order valence-electron chi connectivity index (χ2n) is 5.73. The smallest absolute Gasteiger partial charge is 0.167 e. The lowest BCUT2D eigenvalue weighted by Crippen LogP contribution is -2.06. The third-order valence-electron chi connectivity index (χ3n) is 4.14. The summed E-state index contributed by atoms with van der Waals surface area (Å²) in [5, 5.41) is 0. The van der Waals surface area contributed by atoms with Crippen LogP contribution in [-0.4, -0.2) is 20.0 Å². The standard InChI is InChI=1S/C22H20O3/c1-24-18-10-8-17(9-11-18)21-15-19(25-2)12-13-20(21)22(23)14-16-6-4-3-5-7-16/h3-13,15H,14H2,1-2H3. The van der Waals surface area contributed by atoms with E-state index in [0.29, 0.717) is 12.0 Å². The van der Waals surface area contributed by atoms with Crippen molar-refractivity contribution in [2.24, 2.45) is 0 Å². The molecule has 3 aromatic carbocycles. The minimum atomic E-state index is 0.0830. The van der Waals surface area contributed by atoms with Crippen molar-refractivity contribution in [3.8, 4) is 22.6 Å². The quantitative estimate of drug-likeness (QED) is 0.609. The molecule has 0 fully saturated rings. The predicted octanol–water partition coefficient (Wildman–Crippen LogP) is 4.80. The number of carbonyl (C=O) groups excluding carboxylic acids is 1. The van der Waals surface area contributed by atoms with E-state index in [9.17, 15) is 4.79 Å². The second-order valence-corrected chi connectivity index (χ2v) is 5.73. The highest BCUT2D eigenvalue weighted by molar-refractivity contribution is 6.03. The molecule has 0 saturated heterocycles. The highest BCUT2D eigenvalue weighted by atomic mass is 16.5. The topological polar surface area (TPSA) is 35.5 Å². The Bertz CT molecular complexity index is 852. The number of rotatable bonds is 6. The van der Waals surface area contributed by atoms with Crippen molar-refractivity contribution in [2.45, 2.75) is 6.42 Å². The second kappa shape index (κ2) is 7.67. The summed E-state index contributed by atoms with van der Waals surface area (Å²) in [6.07, 6.45) is 0.371. The zero-order chi connectivity index (χ0) is 17.6. The van der Waals surface area contributed by atoms with Crippen LogP contribution in [0, 0.1) is 0 Å². The molecule has 0 radical (unpaired) electrons. The molecule has 0 aliphatic heterocycles. The van der Waals surface area contributed by atoms with E-state index in [1.807, 2.05) is 72.8 Å². The highest BCUT2D eigenvalue weighted by Gasteiger charge is 2.15. The van der Waals surface area contributed by atoms with Crippen molar-refractivity contribution in [1.82, 2.24) is 0 Å². The molecule has 0 aliphatic carbocycles. The zero-order valence-electron chi connectivity index (χ0n) is 14.4. The van der Waals surface area contributed by atoms with Gasteiger partial charge in [-0.3, -0.25) is 4.79 Å². The lowest BCUT2D eigenvalue weighted by atomic mass is 9.94. The number of benzene rings is 3. The molecule has 0 spiro atoms. The highest BCUT2D eigenvalue weighted by Crippen LogP contribution is 2.30. The van der Waals surface area contributed by atoms with Crippen LogP contribution in [0.2, 0.25) is 0 Å². The molecule has 3 rings (SSSR count). The van der Waals surface area contributed by atoms with Gasteiger partial charge in [0, 0.05) is 12.0 Å². The van der Waals surface area contributed by atoms with Crippen molar-refractivity contribution in [3.05, 3.63) is 83.9 Å². The van der Waals surface area contributed by atoms with Gasteiger partial charge in [0.2, 0.25) is 0 Å². The number of hydrogen-bond acceptors (Lipinski definition) is 3. The van der Waals surface area contributed by atoms with Gasteiger partial charge >= 0.3 is 0 Å². The Kier molecular flexibility index (Phi) is 5.14. The molecule has 3 aromatic rings. The van der Waals surface area contributed by atoms with Gasteiger partial charge in [0.25, 0.3) is 0 Å². The van der Waals surface area contributed by atoms with Gasteiger partial charge in [-0.25, -0.2) is 0 Å². The summed E-state index contributed by atoms with van der Waals surface area (Å²) in [5.41, 5.74) is 3.51. The third kappa shape index (κ3) is 3.89. The van der Waals surface area contributed by atoms with Crippen LogP contribution in [0.1, 0.15) is 15.9 Å². The van der Waals surface area contributed by atoms with E-state index in [4.69, 9.17) is 9.47 Å². The number of methoxy groups -OCH3 is 2. The fourth-order valence-electron chi connectivity index (χ4n) is 2.78. The average Bonchev–Trinajstić information content (AvgIpc) is 2.68. The molecular formula is C22H20O3. The maximum absolute atomic E-state index is 12.9. The minimum absolute atomic E-state index is 0.0830. The van der Waals surface area contributed by atoms with Crippen LogP contribution in [-0.2, 0) is 6.42 Å². The van der Waals surface area contributed by atoms with E-state index in [2.05, 4.69) is 0 Å². The van der Waals surface area contributed by atoms with E-state index in [0.717, 1.165) is 28.2 Å². The minimum Gasteiger partial charge on any atom is -0.497 e. The largest absolute Gasteiger partial charge is 0.497 e. The van der Waals surface area contributed by atoms with Gasteiger partial charge in [0.1, 0.15) is 11.5 Å².